The van der Waals surface area contributed by atoms with E-state index in [4.69, 9.17) is 9.84 Å². The summed E-state index contributed by atoms with van der Waals surface area (Å²) < 4.78 is 41.3. The molecule has 4 nitrogen and oxygen atoms in total. The molecule has 0 bridgehead atoms. The Balaban J connectivity index is 0.000000387. The predicted molar refractivity (Wildman–Crippen MR) is 104 cm³/mol. The number of nitrogens with one attached hydrogen (secondary N) is 2. The molecular weight excluding hydrogens is 357 g/mol. The van der Waals surface area contributed by atoms with Gasteiger partial charge in [-0.15, -0.1) is 0 Å². The van der Waals surface area contributed by atoms with Crippen LogP contribution in [0.4, 0.5) is 13.2 Å². The van der Waals surface area contributed by atoms with Gasteiger partial charge in [0.05, 0.1) is 5.56 Å². The average Bonchev–Trinajstić information content (AvgIpc) is 3.30. The number of ether oxygens (including phenoxy) is 1. The fourth-order valence-electron chi connectivity index (χ4n) is 2.58. The Morgan fingerprint density at radius 3 is 2.22 bits per heavy atom. The smallest absolute Gasteiger partial charge is 0.400 e. The molecule has 7 heteroatoms. The second-order valence-corrected chi connectivity index (χ2v) is 6.20. The van der Waals surface area contributed by atoms with E-state index in [9.17, 15) is 13.2 Å². The van der Waals surface area contributed by atoms with Gasteiger partial charge in [0, 0.05) is 32.9 Å². The maximum atomic E-state index is 12.1. The number of aryl methyl sites for hydroxylation is 1. The molecule has 3 N–H and O–H groups in total. The summed E-state index contributed by atoms with van der Waals surface area (Å²) in [6, 6.07) is 6.11. The zero-order valence-electron chi connectivity index (χ0n) is 16.7. The second-order valence-electron chi connectivity index (χ2n) is 6.20. The van der Waals surface area contributed by atoms with E-state index in [1.807, 2.05) is 14.0 Å². The number of rotatable bonds is 2. The van der Waals surface area contributed by atoms with Gasteiger partial charge >= 0.3 is 6.18 Å². The zero-order chi connectivity index (χ0) is 20.5. The molecule has 1 unspecified atom stereocenters. The van der Waals surface area contributed by atoms with E-state index < -0.39 is 11.7 Å². The van der Waals surface area contributed by atoms with E-state index in [1.54, 1.807) is 6.07 Å². The molecule has 0 saturated carbocycles. The van der Waals surface area contributed by atoms with Gasteiger partial charge in [-0.25, -0.2) is 0 Å². The monoisotopic (exact) mass is 392 g/mol. The summed E-state index contributed by atoms with van der Waals surface area (Å²) in [6.07, 6.45) is 1.63. The number of aliphatic hydroxyl groups excluding tert-OH is 1. The van der Waals surface area contributed by atoms with Gasteiger partial charge in [0.25, 0.3) is 0 Å². The zero-order valence-corrected chi connectivity index (χ0v) is 16.7. The van der Waals surface area contributed by atoms with Gasteiger partial charge in [-0.1, -0.05) is 25.1 Å². The summed E-state index contributed by atoms with van der Waals surface area (Å²) in [5.41, 5.74) is 0.145. The first-order valence-electron chi connectivity index (χ1n) is 9.54. The lowest BCUT2D eigenvalue weighted by molar-refractivity contribution is -0.137. The highest BCUT2D eigenvalue weighted by molar-refractivity contribution is 5.25. The normalized spacial score (nSPS) is 18.9. The lowest BCUT2D eigenvalue weighted by atomic mass is 10.1. The van der Waals surface area contributed by atoms with Crippen LogP contribution < -0.4 is 10.6 Å². The average molecular weight is 393 g/mol. The number of hydrogen-bond donors (Lipinski definition) is 3. The highest BCUT2D eigenvalue weighted by Crippen LogP contribution is 2.29. The molecule has 2 heterocycles. The third-order valence-electron chi connectivity index (χ3n) is 4.20. The highest BCUT2D eigenvalue weighted by atomic mass is 19.4. The van der Waals surface area contributed by atoms with Crippen molar-refractivity contribution >= 4 is 0 Å². The van der Waals surface area contributed by atoms with E-state index in [0.29, 0.717) is 12.0 Å². The Labute approximate surface area is 161 Å². The minimum Gasteiger partial charge on any atom is -0.400 e. The number of halogens is 3. The van der Waals surface area contributed by atoms with Crippen LogP contribution in [0.15, 0.2) is 24.3 Å². The van der Waals surface area contributed by atoms with Crippen LogP contribution >= 0.6 is 0 Å². The van der Waals surface area contributed by atoms with Crippen molar-refractivity contribution in [2.45, 2.75) is 51.2 Å². The van der Waals surface area contributed by atoms with E-state index in [0.717, 1.165) is 39.0 Å². The van der Waals surface area contributed by atoms with Crippen molar-refractivity contribution < 1.29 is 23.0 Å². The van der Waals surface area contributed by atoms with Crippen molar-refractivity contribution in [2.24, 2.45) is 0 Å². The van der Waals surface area contributed by atoms with Crippen LogP contribution in [-0.2, 0) is 17.3 Å². The Bertz CT molecular complexity index is 453. The number of benzene rings is 1. The van der Waals surface area contributed by atoms with Gasteiger partial charge in [0.1, 0.15) is 0 Å². The molecule has 3 rings (SSSR count). The number of aliphatic hydroxyl groups is 1. The van der Waals surface area contributed by atoms with Crippen molar-refractivity contribution in [3.8, 4) is 0 Å². The Morgan fingerprint density at radius 2 is 1.85 bits per heavy atom. The number of hydrogen-bond acceptors (Lipinski definition) is 4. The highest BCUT2D eigenvalue weighted by Gasteiger charge is 2.30. The van der Waals surface area contributed by atoms with Gasteiger partial charge < -0.3 is 20.5 Å². The van der Waals surface area contributed by atoms with Crippen molar-refractivity contribution in [3.63, 3.8) is 0 Å². The summed E-state index contributed by atoms with van der Waals surface area (Å²) >= 11 is 0. The Morgan fingerprint density at radius 1 is 1.19 bits per heavy atom. The standard InChI is InChI=1S/C9H9F3.C6H14N2.C4H8O.CH4O/c1-2-7-4-3-5-8(6-7)9(10,11)12;1-7-6-3-2-4-8-5-6;1-2-4-5-3-1;1-2/h3-6H,2H2,1H3;6-8H,2-5H2,1H3;1-4H2;2H,1H3. The molecule has 27 heavy (non-hydrogen) atoms. The number of likely N-dealkylation sites (N-methyl/N-ethyl adjacent to an activating group) is 1. The molecular formula is C20H35F3N2O2. The molecule has 1 aromatic rings. The molecule has 0 radical (unpaired) electrons. The van der Waals surface area contributed by atoms with E-state index in [-0.39, 0.29) is 0 Å². The van der Waals surface area contributed by atoms with Crippen LogP contribution in [0, 0.1) is 0 Å². The second kappa shape index (κ2) is 15.9. The van der Waals surface area contributed by atoms with Crippen molar-refractivity contribution in [1.29, 1.82) is 0 Å². The van der Waals surface area contributed by atoms with Crippen LogP contribution in [-0.4, -0.2) is 51.6 Å². The lowest BCUT2D eigenvalue weighted by Gasteiger charge is -2.21. The van der Waals surface area contributed by atoms with Crippen LogP contribution in [0.1, 0.15) is 43.7 Å². The molecule has 0 aliphatic carbocycles. The van der Waals surface area contributed by atoms with Crippen LogP contribution in [0.2, 0.25) is 0 Å². The maximum Gasteiger partial charge on any atom is 0.416 e. The van der Waals surface area contributed by atoms with E-state index >= 15 is 0 Å². The molecule has 0 aromatic heterocycles. The molecule has 1 aromatic carbocycles. The minimum absolute atomic E-state index is 0.568. The molecule has 2 fully saturated rings. The van der Waals surface area contributed by atoms with Crippen molar-refractivity contribution in [2.75, 3.05) is 40.5 Å². The van der Waals surface area contributed by atoms with E-state index in [1.165, 1.54) is 44.4 Å². The van der Waals surface area contributed by atoms with Gasteiger partial charge in [0.15, 0.2) is 0 Å². The third-order valence-corrected chi connectivity index (χ3v) is 4.20. The molecule has 2 aliphatic rings. The van der Waals surface area contributed by atoms with E-state index in [2.05, 4.69) is 10.6 Å². The maximum absolute atomic E-state index is 12.1. The van der Waals surface area contributed by atoms with Crippen molar-refractivity contribution in [3.05, 3.63) is 35.4 Å². The third kappa shape index (κ3) is 12.8. The molecule has 2 aliphatic heterocycles. The van der Waals surface area contributed by atoms with Gasteiger partial charge in [0.2, 0.25) is 0 Å². The number of piperidine rings is 1. The van der Waals surface area contributed by atoms with Crippen LogP contribution in [0.25, 0.3) is 0 Å². The first-order valence-corrected chi connectivity index (χ1v) is 9.54. The summed E-state index contributed by atoms with van der Waals surface area (Å²) in [7, 11) is 3.03. The molecule has 0 amide bonds. The first kappa shape index (κ1) is 25.9. The van der Waals surface area contributed by atoms with Crippen LogP contribution in [0.5, 0.6) is 0 Å². The fourth-order valence-corrected chi connectivity index (χ4v) is 2.58. The lowest BCUT2D eigenvalue weighted by Crippen LogP contribution is -2.41. The largest absolute Gasteiger partial charge is 0.416 e. The van der Waals surface area contributed by atoms with Gasteiger partial charge in [-0.3, -0.25) is 0 Å². The fraction of sp³-hybridized carbons (Fsp3) is 0.700. The number of alkyl halides is 3. The quantitative estimate of drug-likeness (QED) is 0.719. The Kier molecular flexibility index (Phi) is 15.2. The summed E-state index contributed by atoms with van der Waals surface area (Å²) in [4.78, 5) is 0. The van der Waals surface area contributed by atoms with Gasteiger partial charge in [-0.2, -0.15) is 13.2 Å². The predicted octanol–water partition coefficient (Wildman–Crippen LogP) is 3.63. The summed E-state index contributed by atoms with van der Waals surface area (Å²) in [5, 5.41) is 13.6. The Hall–Kier alpha value is -1.15. The molecule has 2 saturated heterocycles. The van der Waals surface area contributed by atoms with Crippen molar-refractivity contribution in [1.82, 2.24) is 10.6 Å². The SMILES string of the molecule is C1CCOC1.CCc1cccc(C(F)(F)F)c1.CNC1CCCNC1.CO. The topological polar surface area (TPSA) is 53.5 Å². The summed E-state index contributed by atoms with van der Waals surface area (Å²) in [6.45, 7) is 6.18. The summed E-state index contributed by atoms with van der Waals surface area (Å²) in [5.74, 6) is 0. The molecule has 1 atom stereocenters. The molecule has 0 spiro atoms. The van der Waals surface area contributed by atoms with Gasteiger partial charge in [-0.05, 0) is 57.3 Å². The van der Waals surface area contributed by atoms with Crippen LogP contribution in [0.3, 0.4) is 0 Å². The minimum atomic E-state index is -4.22. The molecule has 158 valence electrons. The first-order chi connectivity index (χ1) is 13.0.